The summed E-state index contributed by atoms with van der Waals surface area (Å²) in [5.41, 5.74) is 2.66. The maximum absolute atomic E-state index is 12.1. The van der Waals surface area contributed by atoms with Crippen molar-refractivity contribution >= 4 is 11.0 Å². The minimum atomic E-state index is -0.281. The molecule has 0 atom stereocenters. The molecule has 0 N–H and O–H groups in total. The van der Waals surface area contributed by atoms with Crippen LogP contribution in [0.3, 0.4) is 0 Å². The van der Waals surface area contributed by atoms with Crippen LogP contribution in [-0.2, 0) is 6.54 Å². The predicted molar refractivity (Wildman–Crippen MR) is 88.5 cm³/mol. The van der Waals surface area contributed by atoms with Crippen molar-refractivity contribution in [3.8, 4) is 17.0 Å². The molecule has 0 amide bonds. The fraction of sp³-hybridized carbons (Fsp3) is 0.278. The van der Waals surface area contributed by atoms with Crippen LogP contribution in [0.1, 0.15) is 12.8 Å². The number of fused-ring (bicyclic) bond motifs is 1. The van der Waals surface area contributed by atoms with E-state index in [1.807, 2.05) is 41.0 Å². The summed E-state index contributed by atoms with van der Waals surface area (Å²) in [5.74, 6) is 1.47. The molecule has 2 aromatic heterocycles. The molecule has 5 heteroatoms. The van der Waals surface area contributed by atoms with E-state index in [-0.39, 0.29) is 5.56 Å². The van der Waals surface area contributed by atoms with Gasteiger partial charge in [0.15, 0.2) is 5.52 Å². The van der Waals surface area contributed by atoms with Gasteiger partial charge in [0, 0.05) is 12.1 Å². The molecule has 3 aromatic rings. The molecule has 0 unspecified atom stereocenters. The van der Waals surface area contributed by atoms with Crippen LogP contribution in [0.5, 0.6) is 5.75 Å². The number of hydrogen-bond acceptors (Lipinski definition) is 4. The molecule has 0 spiro atoms. The first-order valence-corrected chi connectivity index (χ1v) is 7.75. The summed E-state index contributed by atoms with van der Waals surface area (Å²) in [4.78, 5) is 20.7. The second-order valence-electron chi connectivity index (χ2n) is 5.94. The second-order valence-corrected chi connectivity index (χ2v) is 5.94. The van der Waals surface area contributed by atoms with Gasteiger partial charge in [-0.1, -0.05) is 12.1 Å². The van der Waals surface area contributed by atoms with Crippen LogP contribution < -0.4 is 10.3 Å². The summed E-state index contributed by atoms with van der Waals surface area (Å²) in [7, 11) is 1.63. The van der Waals surface area contributed by atoms with Gasteiger partial charge in [0.05, 0.1) is 24.6 Å². The van der Waals surface area contributed by atoms with Crippen LogP contribution in [0.4, 0.5) is 0 Å². The molecule has 4 rings (SSSR count). The maximum Gasteiger partial charge on any atom is 0.299 e. The third kappa shape index (κ3) is 2.70. The molecule has 0 bridgehead atoms. The van der Waals surface area contributed by atoms with Crippen molar-refractivity contribution < 1.29 is 4.74 Å². The van der Waals surface area contributed by atoms with E-state index in [9.17, 15) is 4.79 Å². The van der Waals surface area contributed by atoms with E-state index in [1.54, 1.807) is 13.4 Å². The van der Waals surface area contributed by atoms with E-state index in [0.29, 0.717) is 11.4 Å². The van der Waals surface area contributed by atoms with Crippen molar-refractivity contribution in [1.29, 1.82) is 0 Å². The van der Waals surface area contributed by atoms with Crippen LogP contribution in [0.15, 0.2) is 47.5 Å². The molecule has 116 valence electrons. The number of rotatable bonds is 4. The van der Waals surface area contributed by atoms with Crippen molar-refractivity contribution in [3.63, 3.8) is 0 Å². The minimum Gasteiger partial charge on any atom is -0.497 e. The molecule has 0 saturated heterocycles. The molecule has 1 saturated carbocycles. The summed E-state index contributed by atoms with van der Waals surface area (Å²) >= 11 is 0. The molecular weight excluding hydrogens is 290 g/mol. The second kappa shape index (κ2) is 5.50. The quantitative estimate of drug-likeness (QED) is 0.743. The van der Waals surface area contributed by atoms with E-state index >= 15 is 0 Å². The van der Waals surface area contributed by atoms with E-state index < -0.39 is 0 Å². The number of aromatic nitrogens is 3. The number of benzene rings is 1. The molecule has 1 aliphatic carbocycles. The van der Waals surface area contributed by atoms with Gasteiger partial charge < -0.3 is 9.30 Å². The van der Waals surface area contributed by atoms with Gasteiger partial charge in [-0.25, -0.2) is 4.98 Å². The molecule has 1 aromatic carbocycles. The summed E-state index contributed by atoms with van der Waals surface area (Å²) in [5, 5.41) is 0. The molecule has 1 fully saturated rings. The minimum absolute atomic E-state index is 0.281. The first-order valence-electron chi connectivity index (χ1n) is 7.75. The molecule has 1 aliphatic rings. The van der Waals surface area contributed by atoms with Crippen LogP contribution >= 0.6 is 0 Å². The number of nitrogens with zero attached hydrogens (tertiary/aromatic N) is 3. The fourth-order valence-electron chi connectivity index (χ4n) is 2.75. The van der Waals surface area contributed by atoms with Crippen molar-refractivity contribution in [2.75, 3.05) is 7.11 Å². The van der Waals surface area contributed by atoms with E-state index in [1.165, 1.54) is 12.8 Å². The average molecular weight is 307 g/mol. The summed E-state index contributed by atoms with van der Waals surface area (Å²) < 4.78 is 7.29. The summed E-state index contributed by atoms with van der Waals surface area (Å²) in [6.07, 6.45) is 4.14. The molecule has 0 aliphatic heterocycles. The van der Waals surface area contributed by atoms with E-state index in [2.05, 4.69) is 9.97 Å². The van der Waals surface area contributed by atoms with Gasteiger partial charge in [-0.15, -0.1) is 0 Å². The largest absolute Gasteiger partial charge is 0.497 e. The van der Waals surface area contributed by atoms with Crippen molar-refractivity contribution in [2.24, 2.45) is 5.92 Å². The monoisotopic (exact) mass is 307 g/mol. The van der Waals surface area contributed by atoms with E-state index in [0.717, 1.165) is 29.1 Å². The molecule has 0 radical (unpaired) electrons. The lowest BCUT2D eigenvalue weighted by atomic mass is 10.1. The maximum atomic E-state index is 12.1. The number of pyridine rings is 1. The SMILES string of the molecule is COc1cccc(-c2ccc3c(n2)c(=O)ncn3CC2CC2)c1. The van der Waals surface area contributed by atoms with Gasteiger partial charge >= 0.3 is 0 Å². The van der Waals surface area contributed by atoms with Crippen LogP contribution in [0, 0.1) is 5.92 Å². The van der Waals surface area contributed by atoms with Gasteiger partial charge in [0.1, 0.15) is 5.75 Å². The zero-order valence-electron chi connectivity index (χ0n) is 12.9. The molecule has 2 heterocycles. The van der Waals surface area contributed by atoms with Crippen molar-refractivity contribution in [1.82, 2.24) is 14.5 Å². The van der Waals surface area contributed by atoms with Gasteiger partial charge in [0.2, 0.25) is 0 Å². The Balaban J connectivity index is 1.83. The average Bonchev–Trinajstić information content (AvgIpc) is 3.41. The Morgan fingerprint density at radius 2 is 2.13 bits per heavy atom. The Kier molecular flexibility index (Phi) is 3.33. The standard InChI is InChI=1S/C18H17N3O2/c1-23-14-4-2-3-13(9-14)15-7-8-16-17(20-15)18(22)19-11-21(16)10-12-5-6-12/h2-4,7-9,11-12H,5-6,10H2,1H3. The Morgan fingerprint density at radius 1 is 1.26 bits per heavy atom. The first-order chi connectivity index (χ1) is 11.2. The summed E-state index contributed by atoms with van der Waals surface area (Å²) in [6.45, 7) is 0.907. The lowest BCUT2D eigenvalue weighted by Gasteiger charge is -2.10. The van der Waals surface area contributed by atoms with Crippen LogP contribution in [-0.4, -0.2) is 21.6 Å². The topological polar surface area (TPSA) is 57.0 Å². The third-order valence-corrected chi connectivity index (χ3v) is 4.22. The van der Waals surface area contributed by atoms with Crippen LogP contribution in [0.25, 0.3) is 22.3 Å². The Labute approximate surface area is 133 Å². The van der Waals surface area contributed by atoms with Gasteiger partial charge in [0.25, 0.3) is 5.56 Å². The zero-order valence-corrected chi connectivity index (χ0v) is 12.9. The fourth-order valence-corrected chi connectivity index (χ4v) is 2.75. The van der Waals surface area contributed by atoms with Gasteiger partial charge in [-0.3, -0.25) is 4.79 Å². The van der Waals surface area contributed by atoms with Gasteiger partial charge in [-0.05, 0) is 43.0 Å². The number of methoxy groups -OCH3 is 1. The highest BCUT2D eigenvalue weighted by Crippen LogP contribution is 2.31. The highest BCUT2D eigenvalue weighted by molar-refractivity contribution is 5.77. The Hall–Kier alpha value is -2.69. The predicted octanol–water partition coefficient (Wildman–Crippen LogP) is 2.88. The number of ether oxygens (including phenoxy) is 1. The van der Waals surface area contributed by atoms with Gasteiger partial charge in [-0.2, -0.15) is 4.98 Å². The van der Waals surface area contributed by atoms with Crippen molar-refractivity contribution in [2.45, 2.75) is 19.4 Å². The lowest BCUT2D eigenvalue weighted by molar-refractivity contribution is 0.415. The highest BCUT2D eigenvalue weighted by atomic mass is 16.5. The molecule has 5 nitrogen and oxygen atoms in total. The Bertz CT molecular complexity index is 929. The normalized spacial score (nSPS) is 14.1. The smallest absolute Gasteiger partial charge is 0.299 e. The summed E-state index contributed by atoms with van der Waals surface area (Å²) in [6, 6.07) is 11.6. The van der Waals surface area contributed by atoms with E-state index in [4.69, 9.17) is 4.74 Å². The molecular formula is C18H17N3O2. The van der Waals surface area contributed by atoms with Crippen molar-refractivity contribution in [3.05, 3.63) is 53.1 Å². The zero-order chi connectivity index (χ0) is 15.8. The third-order valence-electron chi connectivity index (χ3n) is 4.22. The Morgan fingerprint density at radius 3 is 2.91 bits per heavy atom. The highest BCUT2D eigenvalue weighted by Gasteiger charge is 2.22. The molecule has 23 heavy (non-hydrogen) atoms. The van der Waals surface area contributed by atoms with Crippen LogP contribution in [0.2, 0.25) is 0 Å². The first kappa shape index (κ1) is 13.9. The lowest BCUT2D eigenvalue weighted by Crippen LogP contribution is -2.14. The number of hydrogen-bond donors (Lipinski definition) is 0.